The van der Waals surface area contributed by atoms with Gasteiger partial charge in [0.1, 0.15) is 11.8 Å². The molecule has 1 aromatic rings. The van der Waals surface area contributed by atoms with Gasteiger partial charge in [-0.1, -0.05) is 6.07 Å². The molecule has 0 radical (unpaired) electrons. The minimum absolute atomic E-state index is 0.195. The highest BCUT2D eigenvalue weighted by molar-refractivity contribution is 5.33. The van der Waals surface area contributed by atoms with Crippen molar-refractivity contribution in [2.45, 2.75) is 12.5 Å². The molecule has 0 aliphatic carbocycles. The maximum absolute atomic E-state index is 8.68. The minimum Gasteiger partial charge on any atom is -0.323 e. The van der Waals surface area contributed by atoms with E-state index in [1.165, 1.54) is 6.20 Å². The van der Waals surface area contributed by atoms with E-state index in [1.807, 2.05) is 12.1 Å². The number of hydrogen-bond acceptors (Lipinski definition) is 4. The highest BCUT2D eigenvalue weighted by Crippen LogP contribution is 2.15. The SMILES string of the molecule is N#CC[C@H](N)c1cccnc1C#N. The number of pyridine rings is 1. The second-order valence-electron chi connectivity index (χ2n) is 2.52. The smallest absolute Gasteiger partial charge is 0.145 e. The van der Waals surface area contributed by atoms with Gasteiger partial charge in [0.25, 0.3) is 0 Å². The number of nitriles is 2. The summed E-state index contributed by atoms with van der Waals surface area (Å²) in [5.41, 5.74) is 6.60. The van der Waals surface area contributed by atoms with Gasteiger partial charge in [0.2, 0.25) is 0 Å². The van der Waals surface area contributed by atoms with Crippen molar-refractivity contribution < 1.29 is 0 Å². The first-order chi connectivity index (χ1) is 6.29. The Hall–Kier alpha value is -1.91. The van der Waals surface area contributed by atoms with E-state index in [2.05, 4.69) is 4.98 Å². The van der Waals surface area contributed by atoms with E-state index in [-0.39, 0.29) is 6.42 Å². The Bertz CT molecular complexity index is 372. The number of nitrogens with zero attached hydrogens (tertiary/aromatic N) is 3. The third-order valence-corrected chi connectivity index (χ3v) is 1.66. The fourth-order valence-corrected chi connectivity index (χ4v) is 1.02. The molecule has 0 amide bonds. The first kappa shape index (κ1) is 9.18. The molecule has 0 saturated heterocycles. The van der Waals surface area contributed by atoms with Crippen LogP contribution >= 0.6 is 0 Å². The molecule has 0 fully saturated rings. The minimum atomic E-state index is -0.423. The van der Waals surface area contributed by atoms with E-state index in [1.54, 1.807) is 12.1 Å². The molecule has 64 valence electrons. The maximum Gasteiger partial charge on any atom is 0.145 e. The molecule has 0 aliphatic rings. The topological polar surface area (TPSA) is 86.5 Å². The van der Waals surface area contributed by atoms with Crippen LogP contribution in [0.25, 0.3) is 0 Å². The predicted molar refractivity (Wildman–Crippen MR) is 46.1 cm³/mol. The van der Waals surface area contributed by atoms with Crippen LogP contribution in [0.1, 0.15) is 23.7 Å². The Labute approximate surface area is 76.2 Å². The van der Waals surface area contributed by atoms with E-state index in [4.69, 9.17) is 16.3 Å². The summed E-state index contributed by atoms with van der Waals surface area (Å²) in [6, 6.07) is 6.88. The molecule has 1 aromatic heterocycles. The lowest BCUT2D eigenvalue weighted by molar-refractivity contribution is 0.740. The average molecular weight is 172 g/mol. The lowest BCUT2D eigenvalue weighted by atomic mass is 10.0. The van der Waals surface area contributed by atoms with E-state index in [0.29, 0.717) is 11.3 Å². The van der Waals surface area contributed by atoms with E-state index < -0.39 is 6.04 Å². The lowest BCUT2D eigenvalue weighted by Gasteiger charge is -2.07. The van der Waals surface area contributed by atoms with Crippen LogP contribution in [0, 0.1) is 22.7 Å². The van der Waals surface area contributed by atoms with Crippen molar-refractivity contribution in [2.24, 2.45) is 5.73 Å². The molecule has 2 N–H and O–H groups in total. The highest BCUT2D eigenvalue weighted by atomic mass is 14.7. The second-order valence-corrected chi connectivity index (χ2v) is 2.52. The van der Waals surface area contributed by atoms with Gasteiger partial charge in [0, 0.05) is 17.8 Å². The van der Waals surface area contributed by atoms with Gasteiger partial charge in [-0.05, 0) is 6.07 Å². The van der Waals surface area contributed by atoms with Gasteiger partial charge >= 0.3 is 0 Å². The molecular weight excluding hydrogens is 164 g/mol. The zero-order valence-electron chi connectivity index (χ0n) is 6.94. The fraction of sp³-hybridized carbons (Fsp3) is 0.222. The van der Waals surface area contributed by atoms with Gasteiger partial charge in [-0.3, -0.25) is 0 Å². The summed E-state index contributed by atoms with van der Waals surface area (Å²) in [7, 11) is 0. The van der Waals surface area contributed by atoms with Crippen molar-refractivity contribution in [1.82, 2.24) is 4.98 Å². The first-order valence-corrected chi connectivity index (χ1v) is 3.77. The van der Waals surface area contributed by atoms with Crippen LogP contribution in [0.2, 0.25) is 0 Å². The largest absolute Gasteiger partial charge is 0.323 e. The molecule has 0 spiro atoms. The predicted octanol–water partition coefficient (Wildman–Crippen LogP) is 0.867. The Morgan fingerprint density at radius 3 is 2.92 bits per heavy atom. The Morgan fingerprint density at radius 1 is 1.54 bits per heavy atom. The number of hydrogen-bond donors (Lipinski definition) is 1. The molecule has 0 aliphatic heterocycles. The molecular formula is C9H8N4. The van der Waals surface area contributed by atoms with E-state index >= 15 is 0 Å². The molecule has 0 bridgehead atoms. The maximum atomic E-state index is 8.68. The van der Waals surface area contributed by atoms with Crippen LogP contribution in [0.3, 0.4) is 0 Å². The third-order valence-electron chi connectivity index (χ3n) is 1.66. The summed E-state index contributed by atoms with van der Waals surface area (Å²) in [5.74, 6) is 0. The summed E-state index contributed by atoms with van der Waals surface area (Å²) < 4.78 is 0. The van der Waals surface area contributed by atoms with Crippen LogP contribution < -0.4 is 5.73 Å². The summed E-state index contributed by atoms with van der Waals surface area (Å²) in [6.45, 7) is 0. The third kappa shape index (κ3) is 2.02. The van der Waals surface area contributed by atoms with Gasteiger partial charge in [-0.15, -0.1) is 0 Å². The van der Waals surface area contributed by atoms with Gasteiger partial charge in [-0.2, -0.15) is 10.5 Å². The normalized spacial score (nSPS) is 11.3. The molecule has 4 nitrogen and oxygen atoms in total. The van der Waals surface area contributed by atoms with Crippen LogP contribution in [-0.2, 0) is 0 Å². The van der Waals surface area contributed by atoms with Crippen LogP contribution in [-0.4, -0.2) is 4.98 Å². The standard InChI is InChI=1S/C9H8N4/c10-4-3-8(12)7-2-1-5-13-9(7)6-11/h1-2,5,8H,3,12H2/t8-/m0/s1. The molecule has 13 heavy (non-hydrogen) atoms. The molecule has 0 saturated carbocycles. The van der Waals surface area contributed by atoms with E-state index in [0.717, 1.165) is 0 Å². The summed E-state index contributed by atoms with van der Waals surface area (Å²) in [5, 5.41) is 17.1. The fourth-order valence-electron chi connectivity index (χ4n) is 1.02. The molecule has 1 atom stereocenters. The number of nitrogens with two attached hydrogens (primary N) is 1. The zero-order valence-corrected chi connectivity index (χ0v) is 6.94. The number of aromatic nitrogens is 1. The molecule has 1 heterocycles. The van der Waals surface area contributed by atoms with Crippen LogP contribution in [0.4, 0.5) is 0 Å². The Morgan fingerprint density at radius 2 is 2.31 bits per heavy atom. The Kier molecular flexibility index (Phi) is 2.97. The van der Waals surface area contributed by atoms with Crippen molar-refractivity contribution in [3.8, 4) is 12.1 Å². The van der Waals surface area contributed by atoms with E-state index in [9.17, 15) is 0 Å². The zero-order chi connectivity index (χ0) is 9.68. The quantitative estimate of drug-likeness (QED) is 0.716. The number of rotatable bonds is 2. The first-order valence-electron chi connectivity index (χ1n) is 3.77. The molecule has 0 aromatic carbocycles. The van der Waals surface area contributed by atoms with Crippen molar-refractivity contribution in [1.29, 1.82) is 10.5 Å². The monoisotopic (exact) mass is 172 g/mol. The average Bonchev–Trinajstić information content (AvgIpc) is 2.18. The lowest BCUT2D eigenvalue weighted by Crippen LogP contribution is -2.11. The molecule has 4 heteroatoms. The van der Waals surface area contributed by atoms with Crippen LogP contribution in [0.5, 0.6) is 0 Å². The molecule has 1 rings (SSSR count). The summed E-state index contributed by atoms with van der Waals surface area (Å²) in [4.78, 5) is 3.85. The van der Waals surface area contributed by atoms with Gasteiger partial charge in [0.05, 0.1) is 12.5 Å². The molecule has 0 unspecified atom stereocenters. The van der Waals surface area contributed by atoms with Gasteiger partial charge in [0.15, 0.2) is 0 Å². The van der Waals surface area contributed by atoms with Gasteiger partial charge in [-0.25, -0.2) is 4.98 Å². The van der Waals surface area contributed by atoms with Crippen molar-refractivity contribution in [3.63, 3.8) is 0 Å². The van der Waals surface area contributed by atoms with Crippen molar-refractivity contribution in [2.75, 3.05) is 0 Å². The van der Waals surface area contributed by atoms with Crippen molar-refractivity contribution >= 4 is 0 Å². The summed E-state index contributed by atoms with van der Waals surface area (Å²) >= 11 is 0. The van der Waals surface area contributed by atoms with Gasteiger partial charge < -0.3 is 5.73 Å². The summed E-state index contributed by atoms with van der Waals surface area (Å²) in [6.07, 6.45) is 1.72. The van der Waals surface area contributed by atoms with Crippen molar-refractivity contribution in [3.05, 3.63) is 29.6 Å². The van der Waals surface area contributed by atoms with Crippen LogP contribution in [0.15, 0.2) is 18.3 Å². The highest BCUT2D eigenvalue weighted by Gasteiger charge is 2.10. The second kappa shape index (κ2) is 4.20. The Balaban J connectivity index is 3.02.